The van der Waals surface area contributed by atoms with Gasteiger partial charge in [0, 0.05) is 13.1 Å². The van der Waals surface area contributed by atoms with E-state index in [-0.39, 0.29) is 0 Å². The molecule has 2 rings (SSSR count). The maximum Gasteiger partial charge on any atom is 0.182 e. The average molecular weight is 312 g/mol. The Morgan fingerprint density at radius 1 is 1.30 bits per heavy atom. The number of hydrogen-bond donors (Lipinski definition) is 1. The van der Waals surface area contributed by atoms with Crippen LogP contribution in [0.4, 0.5) is 0 Å². The fourth-order valence-corrected chi connectivity index (χ4v) is 4.30. The summed E-state index contributed by atoms with van der Waals surface area (Å²) in [7, 11) is 4.00. The SMILES string of the molecule is CN(C)P(=S)(N/N=C/c1ccccc1)N1CCOCC1. The number of morpholine rings is 1. The van der Waals surface area contributed by atoms with Crippen LogP contribution < -0.4 is 5.20 Å². The molecule has 0 bridgehead atoms. The third-order valence-electron chi connectivity index (χ3n) is 3.11. The average Bonchev–Trinajstić information content (AvgIpc) is 2.49. The van der Waals surface area contributed by atoms with Gasteiger partial charge in [-0.2, -0.15) is 5.10 Å². The molecular formula is C13H21N4OPS. The van der Waals surface area contributed by atoms with Crippen LogP contribution in [0.1, 0.15) is 5.56 Å². The van der Waals surface area contributed by atoms with Crippen LogP contribution in [0.2, 0.25) is 0 Å². The molecule has 0 aliphatic carbocycles. The largest absolute Gasteiger partial charge is 0.379 e. The third-order valence-corrected chi connectivity index (χ3v) is 7.66. The summed E-state index contributed by atoms with van der Waals surface area (Å²) in [5, 5.41) is 7.56. The molecule has 0 saturated carbocycles. The van der Waals surface area contributed by atoms with Gasteiger partial charge in [0.15, 0.2) is 6.49 Å². The summed E-state index contributed by atoms with van der Waals surface area (Å²) in [6.07, 6.45) is 1.81. The van der Waals surface area contributed by atoms with Crippen molar-refractivity contribution in [2.24, 2.45) is 5.10 Å². The van der Waals surface area contributed by atoms with E-state index in [0.29, 0.717) is 0 Å². The minimum Gasteiger partial charge on any atom is -0.379 e. The number of hydrazone groups is 1. The fourth-order valence-electron chi connectivity index (χ4n) is 1.95. The Hall–Kier alpha value is -0.780. The maximum atomic E-state index is 5.84. The summed E-state index contributed by atoms with van der Waals surface area (Å²) in [6, 6.07) is 10.00. The van der Waals surface area contributed by atoms with Gasteiger partial charge in [-0.15, -0.1) is 0 Å². The van der Waals surface area contributed by atoms with Gasteiger partial charge in [-0.25, -0.2) is 4.67 Å². The summed E-state index contributed by atoms with van der Waals surface area (Å²) in [4.78, 5) is 0. The second-order valence-corrected chi connectivity index (χ2v) is 8.91. The summed E-state index contributed by atoms with van der Waals surface area (Å²) in [5.74, 6) is 0. The molecule has 1 aromatic rings. The van der Waals surface area contributed by atoms with E-state index in [1.807, 2.05) is 50.6 Å². The van der Waals surface area contributed by atoms with Crippen LogP contribution >= 0.6 is 6.49 Å². The molecule has 7 heteroatoms. The second kappa shape index (κ2) is 7.29. The number of benzene rings is 1. The molecule has 1 N–H and O–H groups in total. The minimum absolute atomic E-state index is 0.732. The van der Waals surface area contributed by atoms with Crippen LogP contribution in [0, 0.1) is 0 Å². The van der Waals surface area contributed by atoms with Gasteiger partial charge in [-0.05, 0) is 31.5 Å². The van der Waals surface area contributed by atoms with Crippen molar-refractivity contribution in [3.8, 4) is 0 Å². The Morgan fingerprint density at radius 2 is 1.95 bits per heavy atom. The molecule has 1 unspecified atom stereocenters. The van der Waals surface area contributed by atoms with Crippen molar-refractivity contribution in [2.75, 3.05) is 40.4 Å². The van der Waals surface area contributed by atoms with Gasteiger partial charge in [0.1, 0.15) is 0 Å². The second-order valence-electron chi connectivity index (χ2n) is 4.73. The quantitative estimate of drug-likeness (QED) is 0.509. The Morgan fingerprint density at radius 3 is 2.55 bits per heavy atom. The van der Waals surface area contributed by atoms with Crippen molar-refractivity contribution in [1.82, 2.24) is 14.5 Å². The van der Waals surface area contributed by atoms with Crippen molar-refractivity contribution in [3.05, 3.63) is 35.9 Å². The molecule has 0 radical (unpaired) electrons. The zero-order chi connectivity index (χ0) is 14.4. The van der Waals surface area contributed by atoms with Crippen LogP contribution in [0.5, 0.6) is 0 Å². The normalized spacial score (nSPS) is 20.1. The Labute approximate surface area is 125 Å². The zero-order valence-corrected chi connectivity index (χ0v) is 13.6. The Kier molecular flexibility index (Phi) is 5.69. The summed E-state index contributed by atoms with van der Waals surface area (Å²) in [6.45, 7) is 1.13. The van der Waals surface area contributed by atoms with Crippen LogP contribution in [0.25, 0.3) is 0 Å². The summed E-state index contributed by atoms with van der Waals surface area (Å²) < 4.78 is 9.73. The van der Waals surface area contributed by atoms with Crippen molar-refractivity contribution in [1.29, 1.82) is 0 Å². The molecule has 1 aliphatic rings. The van der Waals surface area contributed by atoms with E-state index in [1.54, 1.807) is 0 Å². The van der Waals surface area contributed by atoms with E-state index in [4.69, 9.17) is 16.5 Å². The van der Waals surface area contributed by atoms with Crippen molar-refractivity contribution in [3.63, 3.8) is 0 Å². The van der Waals surface area contributed by atoms with E-state index >= 15 is 0 Å². The number of ether oxygens (including phenoxy) is 1. The summed E-state index contributed by atoms with van der Waals surface area (Å²) >= 11 is 5.84. The molecule has 1 aliphatic heterocycles. The highest BCUT2D eigenvalue weighted by Gasteiger charge is 2.29. The first kappa shape index (κ1) is 15.6. The van der Waals surface area contributed by atoms with E-state index < -0.39 is 6.49 Å². The van der Waals surface area contributed by atoms with Crippen LogP contribution in [0.15, 0.2) is 35.4 Å². The first-order valence-electron chi connectivity index (χ1n) is 6.59. The molecule has 1 heterocycles. The monoisotopic (exact) mass is 312 g/mol. The lowest BCUT2D eigenvalue weighted by Crippen LogP contribution is -2.40. The highest BCUT2D eigenvalue weighted by Crippen LogP contribution is 2.47. The lowest BCUT2D eigenvalue weighted by molar-refractivity contribution is 0.0722. The first-order chi connectivity index (χ1) is 9.63. The zero-order valence-electron chi connectivity index (χ0n) is 11.9. The van der Waals surface area contributed by atoms with E-state index in [2.05, 4.69) is 19.6 Å². The Bertz CT molecular complexity index is 488. The fraction of sp³-hybridized carbons (Fsp3) is 0.462. The molecule has 0 spiro atoms. The Balaban J connectivity index is 2.05. The number of nitrogens with one attached hydrogen (secondary N) is 1. The minimum atomic E-state index is -2.03. The third kappa shape index (κ3) is 3.87. The highest BCUT2D eigenvalue weighted by atomic mass is 32.4. The smallest absolute Gasteiger partial charge is 0.182 e. The van der Waals surface area contributed by atoms with Crippen LogP contribution in [-0.4, -0.2) is 56.0 Å². The lowest BCUT2D eigenvalue weighted by atomic mass is 10.2. The van der Waals surface area contributed by atoms with E-state index in [9.17, 15) is 0 Å². The van der Waals surface area contributed by atoms with Crippen molar-refractivity contribution >= 4 is 24.5 Å². The molecule has 1 aromatic carbocycles. The first-order valence-corrected chi connectivity index (χ1v) is 9.30. The van der Waals surface area contributed by atoms with Crippen LogP contribution in [0.3, 0.4) is 0 Å². The van der Waals surface area contributed by atoms with Gasteiger partial charge in [0.2, 0.25) is 0 Å². The standard InChI is InChI=1S/C13H21N4OPS/c1-16(2)19(20,17-8-10-18-11-9-17)15-14-12-13-6-4-3-5-7-13/h3-7,12H,8-11H2,1-2H3,(H,15,20)/b14-12+. The number of nitrogens with zero attached hydrogens (tertiary/aromatic N) is 3. The van der Waals surface area contributed by atoms with Gasteiger partial charge in [0.05, 0.1) is 19.4 Å². The maximum absolute atomic E-state index is 5.84. The molecule has 5 nitrogen and oxygen atoms in total. The predicted molar refractivity (Wildman–Crippen MR) is 87.5 cm³/mol. The highest BCUT2D eigenvalue weighted by molar-refractivity contribution is 8.11. The van der Waals surface area contributed by atoms with Gasteiger partial charge in [-0.1, -0.05) is 30.3 Å². The summed E-state index contributed by atoms with van der Waals surface area (Å²) in [5.41, 5.74) is 1.06. The molecule has 1 saturated heterocycles. The number of hydrogen-bond acceptors (Lipinski definition) is 3. The van der Waals surface area contributed by atoms with Gasteiger partial charge in [-0.3, -0.25) is 9.87 Å². The number of rotatable bonds is 5. The van der Waals surface area contributed by atoms with Crippen molar-refractivity contribution < 1.29 is 4.74 Å². The molecule has 110 valence electrons. The van der Waals surface area contributed by atoms with Gasteiger partial charge < -0.3 is 4.74 Å². The lowest BCUT2D eigenvalue weighted by Gasteiger charge is -2.40. The van der Waals surface area contributed by atoms with E-state index in [0.717, 1.165) is 31.9 Å². The van der Waals surface area contributed by atoms with Crippen LogP contribution in [-0.2, 0) is 16.5 Å². The van der Waals surface area contributed by atoms with E-state index in [1.165, 1.54) is 0 Å². The molecule has 20 heavy (non-hydrogen) atoms. The van der Waals surface area contributed by atoms with Gasteiger partial charge in [0.25, 0.3) is 0 Å². The molecule has 0 amide bonds. The topological polar surface area (TPSA) is 40.1 Å². The molecule has 0 aromatic heterocycles. The predicted octanol–water partition coefficient (Wildman–Crippen LogP) is 1.73. The molecule has 1 fully saturated rings. The molecular weight excluding hydrogens is 291 g/mol. The van der Waals surface area contributed by atoms with Crippen molar-refractivity contribution in [2.45, 2.75) is 0 Å². The van der Waals surface area contributed by atoms with Gasteiger partial charge >= 0.3 is 0 Å². The molecule has 1 atom stereocenters.